The molecule has 7 nitrogen and oxygen atoms in total. The van der Waals surface area contributed by atoms with Gasteiger partial charge < -0.3 is 26.0 Å². The van der Waals surface area contributed by atoms with Gasteiger partial charge in [0, 0.05) is 13.2 Å². The molecule has 98 valence electrons. The Morgan fingerprint density at radius 2 is 2.24 bits per heavy atom. The molecule has 0 spiro atoms. The summed E-state index contributed by atoms with van der Waals surface area (Å²) in [4.78, 5) is 22.2. The number of aliphatic hydroxyl groups is 1. The lowest BCUT2D eigenvalue weighted by Crippen LogP contribution is -2.57. The van der Waals surface area contributed by atoms with Crippen LogP contribution in [0.3, 0.4) is 0 Å². The van der Waals surface area contributed by atoms with E-state index in [1.54, 1.807) is 0 Å². The molecule has 7 heteroatoms. The van der Waals surface area contributed by atoms with E-state index in [0.29, 0.717) is 13.0 Å². The normalized spacial score (nSPS) is 27.5. The zero-order valence-corrected chi connectivity index (χ0v) is 9.73. The molecule has 0 bridgehead atoms. The number of carbonyl (C=O) groups excluding carboxylic acids is 1. The van der Waals surface area contributed by atoms with Crippen molar-refractivity contribution in [1.82, 2.24) is 5.32 Å². The van der Waals surface area contributed by atoms with E-state index in [-0.39, 0.29) is 13.2 Å². The lowest BCUT2D eigenvalue weighted by Gasteiger charge is -2.25. The van der Waals surface area contributed by atoms with Gasteiger partial charge in [-0.3, -0.25) is 9.59 Å². The molecule has 17 heavy (non-hydrogen) atoms. The summed E-state index contributed by atoms with van der Waals surface area (Å²) in [6.45, 7) is 1.75. The van der Waals surface area contributed by atoms with Gasteiger partial charge in [0.2, 0.25) is 5.91 Å². The molecule has 2 unspecified atom stereocenters. The van der Waals surface area contributed by atoms with Crippen molar-refractivity contribution in [1.29, 1.82) is 0 Å². The second-order valence-electron chi connectivity index (χ2n) is 4.71. The molecular formula is C10H18N2O5. The highest BCUT2D eigenvalue weighted by atomic mass is 16.5. The number of rotatable bonds is 5. The fourth-order valence-electron chi connectivity index (χ4n) is 1.59. The Labute approximate surface area is 98.9 Å². The van der Waals surface area contributed by atoms with Gasteiger partial charge in [0.15, 0.2) is 0 Å². The molecule has 5 N–H and O–H groups in total. The van der Waals surface area contributed by atoms with Crippen molar-refractivity contribution in [3.8, 4) is 0 Å². The van der Waals surface area contributed by atoms with E-state index in [2.05, 4.69) is 5.32 Å². The van der Waals surface area contributed by atoms with Crippen molar-refractivity contribution < 1.29 is 24.5 Å². The second-order valence-corrected chi connectivity index (χ2v) is 4.71. The predicted molar refractivity (Wildman–Crippen MR) is 58.2 cm³/mol. The maximum Gasteiger partial charge on any atom is 0.306 e. The first-order valence-corrected chi connectivity index (χ1v) is 5.34. The SMILES string of the molecule is CC(O)(CNC(=O)C1(N)CCOC1)CC(=O)O. The molecule has 0 aromatic carbocycles. The number of nitrogens with one attached hydrogen (secondary N) is 1. The van der Waals surface area contributed by atoms with Gasteiger partial charge in [-0.15, -0.1) is 0 Å². The molecule has 0 aromatic rings. The third kappa shape index (κ3) is 3.95. The summed E-state index contributed by atoms with van der Waals surface area (Å²) < 4.78 is 5.04. The van der Waals surface area contributed by atoms with Crippen LogP contribution < -0.4 is 11.1 Å². The maximum absolute atomic E-state index is 11.7. The van der Waals surface area contributed by atoms with Crippen LogP contribution in [0, 0.1) is 0 Å². The molecule has 2 atom stereocenters. The standard InChI is InChI=1S/C10H18N2O5/c1-9(16,4-7(13)14)5-12-8(15)10(11)2-3-17-6-10/h16H,2-6,11H2,1H3,(H,12,15)(H,13,14). The van der Waals surface area contributed by atoms with E-state index in [1.807, 2.05) is 0 Å². The van der Waals surface area contributed by atoms with E-state index < -0.39 is 29.4 Å². The highest BCUT2D eigenvalue weighted by Gasteiger charge is 2.39. The minimum absolute atomic E-state index is 0.139. The van der Waals surface area contributed by atoms with Gasteiger partial charge in [0.25, 0.3) is 0 Å². The largest absolute Gasteiger partial charge is 0.481 e. The molecule has 1 aliphatic heterocycles. The van der Waals surface area contributed by atoms with Crippen LogP contribution >= 0.6 is 0 Å². The monoisotopic (exact) mass is 246 g/mol. The lowest BCUT2D eigenvalue weighted by molar-refractivity contribution is -0.142. The summed E-state index contributed by atoms with van der Waals surface area (Å²) in [5.41, 5.74) is 3.24. The van der Waals surface area contributed by atoms with Gasteiger partial charge in [-0.1, -0.05) is 0 Å². The zero-order chi connectivity index (χ0) is 13.1. The van der Waals surface area contributed by atoms with Crippen LogP contribution in [-0.4, -0.2) is 53.0 Å². The molecule has 1 saturated heterocycles. The Kier molecular flexibility index (Phi) is 4.07. The number of carboxylic acid groups (broad SMARTS) is 1. The van der Waals surface area contributed by atoms with Gasteiger partial charge in [0.05, 0.1) is 18.6 Å². The van der Waals surface area contributed by atoms with E-state index in [0.717, 1.165) is 0 Å². The van der Waals surface area contributed by atoms with Crippen molar-refractivity contribution >= 4 is 11.9 Å². The van der Waals surface area contributed by atoms with Gasteiger partial charge in [-0.25, -0.2) is 0 Å². The lowest BCUT2D eigenvalue weighted by atomic mass is 9.97. The third-order valence-electron chi connectivity index (χ3n) is 2.67. The molecule has 1 amide bonds. The van der Waals surface area contributed by atoms with E-state index in [9.17, 15) is 14.7 Å². The first-order chi connectivity index (χ1) is 7.75. The first kappa shape index (κ1) is 13.9. The van der Waals surface area contributed by atoms with E-state index >= 15 is 0 Å². The van der Waals surface area contributed by atoms with E-state index in [1.165, 1.54) is 6.92 Å². The van der Waals surface area contributed by atoms with Crippen LogP contribution in [-0.2, 0) is 14.3 Å². The van der Waals surface area contributed by atoms with Crippen molar-refractivity contribution in [3.05, 3.63) is 0 Å². The van der Waals surface area contributed by atoms with Gasteiger partial charge in [0.1, 0.15) is 5.54 Å². The van der Waals surface area contributed by atoms with Crippen LogP contribution in [0.4, 0.5) is 0 Å². The Bertz CT molecular complexity index is 310. The predicted octanol–water partition coefficient (Wildman–Crippen LogP) is -1.55. The van der Waals surface area contributed by atoms with Crippen LogP contribution in [0.15, 0.2) is 0 Å². The van der Waals surface area contributed by atoms with Gasteiger partial charge in [-0.05, 0) is 13.3 Å². The second kappa shape index (κ2) is 4.99. The number of carboxylic acids is 1. The Hall–Kier alpha value is -1.18. The molecule has 0 saturated carbocycles. The molecule has 1 fully saturated rings. The molecule has 1 aliphatic rings. The highest BCUT2D eigenvalue weighted by Crippen LogP contribution is 2.16. The number of carbonyl (C=O) groups is 2. The minimum Gasteiger partial charge on any atom is -0.481 e. The average molecular weight is 246 g/mol. The number of ether oxygens (including phenoxy) is 1. The first-order valence-electron chi connectivity index (χ1n) is 5.34. The number of nitrogens with two attached hydrogens (primary N) is 1. The summed E-state index contributed by atoms with van der Waals surface area (Å²) in [5.74, 6) is -1.56. The van der Waals surface area contributed by atoms with E-state index in [4.69, 9.17) is 15.6 Å². The minimum atomic E-state index is -1.49. The number of hydrogen-bond donors (Lipinski definition) is 4. The van der Waals surface area contributed by atoms with Crippen molar-refractivity contribution in [2.24, 2.45) is 5.73 Å². The van der Waals surface area contributed by atoms with Crippen molar-refractivity contribution in [3.63, 3.8) is 0 Å². The maximum atomic E-state index is 11.7. The number of amides is 1. The molecule has 1 rings (SSSR count). The molecule has 0 aromatic heterocycles. The van der Waals surface area contributed by atoms with Crippen LogP contribution in [0.5, 0.6) is 0 Å². The van der Waals surface area contributed by atoms with Crippen LogP contribution in [0.25, 0.3) is 0 Å². The zero-order valence-electron chi connectivity index (χ0n) is 9.73. The molecule has 0 radical (unpaired) electrons. The Morgan fingerprint density at radius 3 is 2.71 bits per heavy atom. The molecule has 0 aliphatic carbocycles. The summed E-state index contributed by atoms with van der Waals surface area (Å²) in [6, 6.07) is 0. The number of hydrogen-bond acceptors (Lipinski definition) is 5. The summed E-state index contributed by atoms with van der Waals surface area (Å²) in [5, 5.41) is 20.7. The third-order valence-corrected chi connectivity index (χ3v) is 2.67. The van der Waals surface area contributed by atoms with Crippen molar-refractivity contribution in [2.45, 2.75) is 30.9 Å². The highest BCUT2D eigenvalue weighted by molar-refractivity contribution is 5.86. The van der Waals surface area contributed by atoms with Gasteiger partial charge >= 0.3 is 5.97 Å². The molecule has 1 heterocycles. The van der Waals surface area contributed by atoms with Crippen LogP contribution in [0.2, 0.25) is 0 Å². The quantitative estimate of drug-likeness (QED) is 0.465. The Morgan fingerprint density at radius 1 is 1.59 bits per heavy atom. The summed E-state index contributed by atoms with van der Waals surface area (Å²) in [7, 11) is 0. The number of aliphatic carboxylic acids is 1. The average Bonchev–Trinajstić information content (AvgIpc) is 2.61. The summed E-state index contributed by atoms with van der Waals surface area (Å²) in [6.07, 6.45) is -0.0265. The fraction of sp³-hybridized carbons (Fsp3) is 0.800. The van der Waals surface area contributed by atoms with Crippen molar-refractivity contribution in [2.75, 3.05) is 19.8 Å². The fourth-order valence-corrected chi connectivity index (χ4v) is 1.59. The van der Waals surface area contributed by atoms with Gasteiger partial charge in [-0.2, -0.15) is 0 Å². The smallest absolute Gasteiger partial charge is 0.306 e. The Balaban J connectivity index is 2.44. The summed E-state index contributed by atoms with van der Waals surface area (Å²) >= 11 is 0. The topological polar surface area (TPSA) is 122 Å². The molecular weight excluding hydrogens is 228 g/mol. The van der Waals surface area contributed by atoms with Crippen LogP contribution in [0.1, 0.15) is 19.8 Å².